The van der Waals surface area contributed by atoms with Crippen molar-refractivity contribution < 1.29 is 80.2 Å². The van der Waals surface area contributed by atoms with Crippen molar-refractivity contribution in [3.8, 4) is 0 Å². The van der Waals surface area contributed by atoms with Gasteiger partial charge in [-0.05, 0) is 49.4 Å². The Morgan fingerprint density at radius 1 is 0.275 bits per heavy atom. The zero-order chi connectivity index (χ0) is 75.3. The number of hydrogen-bond acceptors (Lipinski definition) is 15. The number of carbonyl (C=O) groups excluding carboxylic acids is 4. The summed E-state index contributed by atoms with van der Waals surface area (Å²) in [7, 11) is -9.92. The Bertz CT molecular complexity index is 1990. The summed E-state index contributed by atoms with van der Waals surface area (Å²) in [5, 5.41) is 10.7. The predicted molar refractivity (Wildman–Crippen MR) is 418 cm³/mol. The monoisotopic (exact) mass is 1490 g/mol. The second kappa shape index (κ2) is 72.0. The van der Waals surface area contributed by atoms with Gasteiger partial charge < -0.3 is 33.8 Å². The van der Waals surface area contributed by atoms with Gasteiger partial charge in [0.05, 0.1) is 26.4 Å². The van der Waals surface area contributed by atoms with E-state index < -0.39 is 97.5 Å². The number of carbonyl (C=O) groups is 4. The molecule has 0 spiro atoms. The first-order valence-corrected chi connectivity index (χ1v) is 45.8. The summed E-state index contributed by atoms with van der Waals surface area (Å²) in [6.07, 6.45) is 59.7. The van der Waals surface area contributed by atoms with Crippen LogP contribution in [0.3, 0.4) is 0 Å². The summed E-state index contributed by atoms with van der Waals surface area (Å²) in [6, 6.07) is 0. The third-order valence-corrected chi connectivity index (χ3v) is 21.9. The SMILES string of the molecule is CCC(C)CCCCCCCCCCCCCCCCCCCCC(=O)O[C@H](COC(=O)CCCCCCCCCCCCC(C)C)COP(=O)(O)OC[C@@H](O)COP(=O)(O)OC[C@@H](COC(=O)CCCCCCCCC(C)CC)OC(=O)CCCCCCCCCCCCCCCCC(C)C. The second-order valence-corrected chi connectivity index (χ2v) is 34.2. The zero-order valence-electron chi connectivity index (χ0n) is 67.2. The molecule has 0 amide bonds. The van der Waals surface area contributed by atoms with Crippen molar-refractivity contribution in [3.05, 3.63) is 0 Å². The normalized spacial score (nSPS) is 14.5. The molecule has 0 heterocycles. The molecule has 0 aromatic carbocycles. The second-order valence-electron chi connectivity index (χ2n) is 31.3. The van der Waals surface area contributed by atoms with Crippen LogP contribution in [0.15, 0.2) is 0 Å². The molecule has 0 aromatic rings. The van der Waals surface area contributed by atoms with E-state index in [1.807, 2.05) is 0 Å². The van der Waals surface area contributed by atoms with Gasteiger partial charge in [-0.2, -0.15) is 0 Å². The van der Waals surface area contributed by atoms with Crippen LogP contribution in [0.2, 0.25) is 0 Å². The molecule has 0 fully saturated rings. The van der Waals surface area contributed by atoms with Crippen molar-refractivity contribution in [1.29, 1.82) is 0 Å². The summed E-state index contributed by atoms with van der Waals surface area (Å²) >= 11 is 0. The van der Waals surface area contributed by atoms with E-state index in [0.29, 0.717) is 25.7 Å². The Morgan fingerprint density at radius 2 is 0.471 bits per heavy atom. The third kappa shape index (κ3) is 73.6. The van der Waals surface area contributed by atoms with Gasteiger partial charge in [-0.25, -0.2) is 9.13 Å². The first-order chi connectivity index (χ1) is 49.2. The summed E-state index contributed by atoms with van der Waals surface area (Å²) in [5.74, 6) is 1.04. The molecule has 0 saturated carbocycles. The minimum atomic E-state index is -4.96. The van der Waals surface area contributed by atoms with E-state index in [-0.39, 0.29) is 25.7 Å². The third-order valence-electron chi connectivity index (χ3n) is 20.0. The highest BCUT2D eigenvalue weighted by Gasteiger charge is 2.30. The van der Waals surface area contributed by atoms with Gasteiger partial charge in [0.2, 0.25) is 0 Å². The molecule has 19 heteroatoms. The number of rotatable bonds is 80. The van der Waals surface area contributed by atoms with Crippen LogP contribution < -0.4 is 0 Å². The largest absolute Gasteiger partial charge is 0.472 e. The number of aliphatic hydroxyl groups is 1. The lowest BCUT2D eigenvalue weighted by Gasteiger charge is -2.21. The molecule has 0 bridgehead atoms. The van der Waals surface area contributed by atoms with Gasteiger partial charge in [-0.15, -0.1) is 0 Å². The number of esters is 4. The molecular formula is C83H162O17P2. The van der Waals surface area contributed by atoms with Crippen LogP contribution in [-0.4, -0.2) is 96.7 Å². The molecule has 0 aromatic heterocycles. The van der Waals surface area contributed by atoms with E-state index in [1.165, 1.54) is 225 Å². The fraction of sp³-hybridized carbons (Fsp3) is 0.952. The Kier molecular flexibility index (Phi) is 70.6. The standard InChI is InChI=1S/C83H162O17P2/c1-9-75(7)61-53-45-37-31-24-20-15-13-11-12-14-16-21-25-33-39-49-57-65-82(87)99-78(69-93-80(85)63-55-47-38-32-28-27-30-36-44-52-60-74(5)6)71-97-101(89,90)95-67-77(84)68-96-102(91,92)98-72-79(70-94-81(86)64-56-48-42-41-46-54-62-76(8)10-2)100-83(88)66-58-50-40-34-26-22-18-17-19-23-29-35-43-51-59-73(3)4/h73-79,84H,9-72H2,1-8H3,(H,89,90)(H,91,92)/t75?,76?,77-,78-,79-/m1/s1. The summed E-state index contributed by atoms with van der Waals surface area (Å²) in [4.78, 5) is 73.1. The van der Waals surface area contributed by atoms with Gasteiger partial charge in [0.1, 0.15) is 19.3 Å². The number of hydrogen-bond donors (Lipinski definition) is 3. The number of phosphoric ester groups is 2. The highest BCUT2D eigenvalue weighted by atomic mass is 31.2. The molecule has 7 atom stereocenters. The van der Waals surface area contributed by atoms with Gasteiger partial charge in [-0.3, -0.25) is 37.3 Å². The molecule has 17 nitrogen and oxygen atoms in total. The molecule has 0 aliphatic heterocycles. The highest BCUT2D eigenvalue weighted by molar-refractivity contribution is 7.47. The van der Waals surface area contributed by atoms with Crippen LogP contribution in [0.1, 0.15) is 428 Å². The van der Waals surface area contributed by atoms with Crippen molar-refractivity contribution in [3.63, 3.8) is 0 Å². The van der Waals surface area contributed by atoms with Crippen molar-refractivity contribution in [2.45, 2.75) is 446 Å². The van der Waals surface area contributed by atoms with Crippen molar-refractivity contribution in [2.24, 2.45) is 23.7 Å². The Morgan fingerprint density at radius 3 is 0.696 bits per heavy atom. The fourth-order valence-corrected chi connectivity index (χ4v) is 14.3. The van der Waals surface area contributed by atoms with E-state index in [4.69, 9.17) is 37.0 Å². The summed E-state index contributed by atoms with van der Waals surface area (Å²) < 4.78 is 68.8. The van der Waals surface area contributed by atoms with Crippen molar-refractivity contribution in [2.75, 3.05) is 39.6 Å². The molecule has 0 aliphatic rings. The van der Waals surface area contributed by atoms with Gasteiger partial charge in [-0.1, -0.05) is 376 Å². The summed E-state index contributed by atoms with van der Waals surface area (Å²) in [5.41, 5.74) is 0. The zero-order valence-corrected chi connectivity index (χ0v) is 69.0. The fourth-order valence-electron chi connectivity index (χ4n) is 12.7. The van der Waals surface area contributed by atoms with E-state index >= 15 is 0 Å². The molecule has 0 saturated heterocycles. The molecule has 606 valence electrons. The van der Waals surface area contributed by atoms with E-state index in [0.717, 1.165) is 120 Å². The minimum Gasteiger partial charge on any atom is -0.462 e. The van der Waals surface area contributed by atoms with Crippen molar-refractivity contribution >= 4 is 39.5 Å². The molecule has 0 radical (unpaired) electrons. The number of unbranched alkanes of at least 4 members (excludes halogenated alkanes) is 44. The van der Waals surface area contributed by atoms with Gasteiger partial charge in [0.25, 0.3) is 0 Å². The van der Waals surface area contributed by atoms with Gasteiger partial charge >= 0.3 is 39.5 Å². The molecular weight excluding hydrogens is 1330 g/mol. The van der Waals surface area contributed by atoms with Gasteiger partial charge in [0, 0.05) is 25.7 Å². The maximum Gasteiger partial charge on any atom is 0.472 e. The maximum absolute atomic E-state index is 13.1. The lowest BCUT2D eigenvalue weighted by Crippen LogP contribution is -2.30. The lowest BCUT2D eigenvalue weighted by atomic mass is 9.99. The quantitative estimate of drug-likeness (QED) is 0.0222. The molecule has 3 N–H and O–H groups in total. The van der Waals surface area contributed by atoms with Crippen LogP contribution in [0, 0.1) is 23.7 Å². The first kappa shape index (κ1) is 100. The first-order valence-electron chi connectivity index (χ1n) is 42.8. The smallest absolute Gasteiger partial charge is 0.462 e. The maximum atomic E-state index is 13.1. The Balaban J connectivity index is 5.21. The Hall–Kier alpha value is -1.94. The van der Waals surface area contributed by atoms with Gasteiger partial charge in [0.15, 0.2) is 12.2 Å². The van der Waals surface area contributed by atoms with E-state index in [1.54, 1.807) is 0 Å². The summed E-state index contributed by atoms with van der Waals surface area (Å²) in [6.45, 7) is 14.3. The topological polar surface area (TPSA) is 237 Å². The van der Waals surface area contributed by atoms with Crippen LogP contribution in [-0.2, 0) is 65.4 Å². The number of ether oxygens (including phenoxy) is 4. The molecule has 0 aliphatic carbocycles. The molecule has 0 rings (SSSR count). The highest BCUT2D eigenvalue weighted by Crippen LogP contribution is 2.45. The van der Waals surface area contributed by atoms with Crippen LogP contribution in [0.5, 0.6) is 0 Å². The van der Waals surface area contributed by atoms with Crippen molar-refractivity contribution in [1.82, 2.24) is 0 Å². The molecule has 4 unspecified atom stereocenters. The minimum absolute atomic E-state index is 0.106. The average Bonchev–Trinajstić information content (AvgIpc) is 0.910. The average molecular weight is 1490 g/mol. The number of aliphatic hydroxyl groups excluding tert-OH is 1. The van der Waals surface area contributed by atoms with E-state index in [9.17, 15) is 43.2 Å². The number of phosphoric acid groups is 2. The molecule has 102 heavy (non-hydrogen) atoms. The van der Waals surface area contributed by atoms with Crippen LogP contribution >= 0.6 is 15.6 Å². The predicted octanol–water partition coefficient (Wildman–Crippen LogP) is 24.8. The van der Waals surface area contributed by atoms with E-state index in [2.05, 4.69) is 55.4 Å². The van der Waals surface area contributed by atoms with Crippen LogP contribution in [0.4, 0.5) is 0 Å². The van der Waals surface area contributed by atoms with Crippen LogP contribution in [0.25, 0.3) is 0 Å². The Labute approximate surface area is 626 Å². The lowest BCUT2D eigenvalue weighted by molar-refractivity contribution is -0.161.